The van der Waals surface area contributed by atoms with E-state index < -0.39 is 88.6 Å². The highest BCUT2D eigenvalue weighted by Crippen LogP contribution is 2.42. The molecule has 7 rings (SSSR count). The molecule has 7 amide bonds. The second-order valence-electron chi connectivity index (χ2n) is 23.5. The molecule has 2 heterocycles. The Balaban J connectivity index is 1.14. The molecular formula is C58H80FN9O7. The highest BCUT2D eigenvalue weighted by atomic mass is 19.1. The molecule has 3 aromatic rings. The van der Waals surface area contributed by atoms with Gasteiger partial charge in [0.15, 0.2) is 0 Å². The molecule has 1 saturated carbocycles. The van der Waals surface area contributed by atoms with E-state index in [2.05, 4.69) is 38.0 Å². The molecule has 0 aromatic heterocycles. The van der Waals surface area contributed by atoms with Gasteiger partial charge in [0.1, 0.15) is 30.0 Å². The monoisotopic (exact) mass is 1030 g/mol. The van der Waals surface area contributed by atoms with Crippen molar-refractivity contribution in [2.24, 2.45) is 22.7 Å². The number of hydrogen-bond acceptors (Lipinski definition) is 9. The van der Waals surface area contributed by atoms with E-state index in [0.29, 0.717) is 6.42 Å². The van der Waals surface area contributed by atoms with E-state index in [4.69, 9.17) is 0 Å². The van der Waals surface area contributed by atoms with Crippen molar-refractivity contribution in [2.75, 3.05) is 27.2 Å². The molecule has 4 unspecified atom stereocenters. The summed E-state index contributed by atoms with van der Waals surface area (Å²) in [6, 6.07) is 15.1. The number of amides is 7. The number of likely N-dealkylation sites (N-methyl/N-ethyl adjacent to an activating group) is 2. The van der Waals surface area contributed by atoms with Crippen molar-refractivity contribution in [1.29, 1.82) is 0 Å². The van der Waals surface area contributed by atoms with Crippen molar-refractivity contribution in [3.8, 4) is 0 Å². The van der Waals surface area contributed by atoms with Crippen molar-refractivity contribution in [3.05, 3.63) is 106 Å². The van der Waals surface area contributed by atoms with Gasteiger partial charge in [-0.3, -0.25) is 33.6 Å². The SMILES string of the molecule is CN[C@@H](C)C(=O)N[C@H](C(=O)N1CC(NC(=O)C2CC2CN(C(=O)[C@@H]2Cc3ccccc3CN2C(=O)[C@@H](NC(=O)[C@H](C)NC)C(C)(C)C)[C@H](C)c2ccccc2F)C[C@H]1C(=O)NC1CCCc2ccccc21)C(C)(C)C. The van der Waals surface area contributed by atoms with E-state index >= 15 is 9.18 Å². The first-order valence-corrected chi connectivity index (χ1v) is 26.8. The summed E-state index contributed by atoms with van der Waals surface area (Å²) >= 11 is 0. The van der Waals surface area contributed by atoms with Crippen LogP contribution < -0.4 is 31.9 Å². The largest absolute Gasteiger partial charge is 0.351 e. The molecule has 1 saturated heterocycles. The maximum Gasteiger partial charge on any atom is 0.246 e. The predicted octanol–water partition coefficient (Wildman–Crippen LogP) is 4.86. The molecule has 17 heteroatoms. The van der Waals surface area contributed by atoms with Crippen LogP contribution in [0.3, 0.4) is 0 Å². The fourth-order valence-electron chi connectivity index (χ4n) is 10.9. The summed E-state index contributed by atoms with van der Waals surface area (Å²) in [6.07, 6.45) is 3.26. The Morgan fingerprint density at radius 3 is 1.84 bits per heavy atom. The van der Waals surface area contributed by atoms with E-state index in [1.807, 2.05) is 84.0 Å². The number of fused-ring (bicyclic) bond motifs is 2. The molecule has 4 aliphatic rings. The van der Waals surface area contributed by atoms with Crippen LogP contribution >= 0.6 is 0 Å². The molecule has 11 atom stereocenters. The number of carbonyl (C=O) groups excluding carboxylic acids is 7. The van der Waals surface area contributed by atoms with Crippen LogP contribution in [0.2, 0.25) is 0 Å². The van der Waals surface area contributed by atoms with E-state index in [1.54, 1.807) is 62.9 Å². The summed E-state index contributed by atoms with van der Waals surface area (Å²) in [5.74, 6) is -4.01. The molecule has 75 heavy (non-hydrogen) atoms. The first-order valence-electron chi connectivity index (χ1n) is 26.8. The lowest BCUT2D eigenvalue weighted by atomic mass is 9.84. The summed E-state index contributed by atoms with van der Waals surface area (Å²) in [6.45, 7) is 16.5. The topological polar surface area (TPSA) is 201 Å². The van der Waals surface area contributed by atoms with Gasteiger partial charge in [-0.25, -0.2) is 4.39 Å². The van der Waals surface area contributed by atoms with Crippen molar-refractivity contribution >= 4 is 41.4 Å². The zero-order valence-corrected chi connectivity index (χ0v) is 45.7. The number of carbonyl (C=O) groups is 7. The van der Waals surface area contributed by atoms with Gasteiger partial charge in [-0.2, -0.15) is 0 Å². The van der Waals surface area contributed by atoms with Crippen molar-refractivity contribution in [2.45, 2.75) is 162 Å². The van der Waals surface area contributed by atoms with Crippen LogP contribution in [0.25, 0.3) is 0 Å². The minimum absolute atomic E-state index is 0.0250. The highest BCUT2D eigenvalue weighted by Gasteiger charge is 2.51. The zero-order valence-electron chi connectivity index (χ0n) is 45.7. The lowest BCUT2D eigenvalue weighted by Crippen LogP contribution is -2.62. The molecule has 0 bridgehead atoms. The number of halogens is 1. The van der Waals surface area contributed by atoms with Gasteiger partial charge in [-0.05, 0) is 112 Å². The van der Waals surface area contributed by atoms with Gasteiger partial charge in [0.05, 0.1) is 24.2 Å². The number of nitrogens with zero attached hydrogens (tertiary/aromatic N) is 3. The van der Waals surface area contributed by atoms with Crippen molar-refractivity contribution < 1.29 is 38.0 Å². The van der Waals surface area contributed by atoms with Gasteiger partial charge in [-0.15, -0.1) is 0 Å². The number of nitrogens with one attached hydrogen (secondary N) is 6. The van der Waals surface area contributed by atoms with Gasteiger partial charge in [0.25, 0.3) is 0 Å². The van der Waals surface area contributed by atoms with Gasteiger partial charge in [0.2, 0.25) is 41.4 Å². The lowest BCUT2D eigenvalue weighted by molar-refractivity contribution is -0.152. The number of benzene rings is 3. The molecule has 0 radical (unpaired) electrons. The molecule has 2 aliphatic heterocycles. The smallest absolute Gasteiger partial charge is 0.246 e. The van der Waals surface area contributed by atoms with E-state index in [-0.39, 0.29) is 73.6 Å². The molecule has 406 valence electrons. The third kappa shape index (κ3) is 12.9. The third-order valence-corrected chi connectivity index (χ3v) is 16.0. The minimum atomic E-state index is -1.02. The Morgan fingerprint density at radius 2 is 1.24 bits per heavy atom. The Bertz CT molecular complexity index is 2610. The van der Waals surface area contributed by atoms with Crippen molar-refractivity contribution in [1.82, 2.24) is 46.6 Å². The van der Waals surface area contributed by atoms with Crippen LogP contribution in [0.5, 0.6) is 0 Å². The average Bonchev–Trinajstić information content (AvgIpc) is 4.04. The third-order valence-electron chi connectivity index (χ3n) is 16.0. The van der Waals surface area contributed by atoms with Crippen LogP contribution in [0.1, 0.15) is 128 Å². The molecule has 2 aliphatic carbocycles. The molecule has 2 fully saturated rings. The van der Waals surface area contributed by atoms with Crippen LogP contribution in [0, 0.1) is 28.5 Å². The Labute approximate surface area is 442 Å². The molecule has 0 spiro atoms. The maximum atomic E-state index is 15.8. The quantitative estimate of drug-likeness (QED) is 0.109. The zero-order chi connectivity index (χ0) is 54.7. The second-order valence-corrected chi connectivity index (χ2v) is 23.5. The summed E-state index contributed by atoms with van der Waals surface area (Å²) in [4.78, 5) is 105. The fraction of sp³-hybridized carbons (Fsp3) is 0.569. The molecule has 6 N–H and O–H groups in total. The van der Waals surface area contributed by atoms with Crippen LogP contribution in [-0.4, -0.2) is 126 Å². The van der Waals surface area contributed by atoms with Gasteiger partial charge < -0.3 is 46.6 Å². The maximum absolute atomic E-state index is 15.8. The Hall–Kier alpha value is -6.20. The minimum Gasteiger partial charge on any atom is -0.351 e. The second kappa shape index (κ2) is 23.4. The van der Waals surface area contributed by atoms with E-state index in [1.165, 1.54) is 16.5 Å². The average molecular weight is 1030 g/mol. The summed E-state index contributed by atoms with van der Waals surface area (Å²) in [7, 11) is 3.32. The normalized spacial score (nSPS) is 23.3. The summed E-state index contributed by atoms with van der Waals surface area (Å²) in [5.41, 5.74) is 2.77. The highest BCUT2D eigenvalue weighted by molar-refractivity contribution is 5.96. The fourth-order valence-corrected chi connectivity index (χ4v) is 10.9. The first kappa shape index (κ1) is 56.5. The van der Waals surface area contributed by atoms with E-state index in [0.717, 1.165) is 36.0 Å². The molecule has 3 aromatic carbocycles. The number of rotatable bonds is 17. The first-order chi connectivity index (χ1) is 35.4. The predicted molar refractivity (Wildman–Crippen MR) is 285 cm³/mol. The van der Waals surface area contributed by atoms with Crippen LogP contribution in [0.4, 0.5) is 4.39 Å². The number of hydrogen-bond donors (Lipinski definition) is 6. The standard InChI is InChI=1S/C58H80FN9O7/c1-33(60-10)50(69)64-48(57(4,5)6)55(74)67-30-38-21-13-12-20-37(38)28-47(67)54(73)66(35(3)41-23-16-17-25-44(41)59)31-39-27-43(39)52(71)62-40-29-46(53(72)63-45-26-18-22-36-19-14-15-24-42(36)45)68(32-40)56(75)49(58(7,8)9)65-51(70)34(2)61-11/h12-17,19-21,23-25,33-35,39-40,43,45-49,60-61H,18,22,26-32H2,1-11H3,(H,62,71)(H,63,72)(H,64,69)(H,65,70)/t33-,34-,35+,39?,40?,43?,45?,46-,47-,48+,49+/m0/s1. The molecular weight excluding hydrogens is 954 g/mol. The lowest BCUT2D eigenvalue weighted by Gasteiger charge is -2.43. The number of aryl methyl sites for hydroxylation is 1. The van der Waals surface area contributed by atoms with Crippen molar-refractivity contribution in [3.63, 3.8) is 0 Å². The van der Waals surface area contributed by atoms with E-state index in [9.17, 15) is 28.8 Å². The van der Waals surface area contributed by atoms with Crippen LogP contribution in [-0.2, 0) is 52.9 Å². The van der Waals surface area contributed by atoms with Gasteiger partial charge >= 0.3 is 0 Å². The number of likely N-dealkylation sites (tertiary alicyclic amines) is 1. The Kier molecular flexibility index (Phi) is 17.6. The molecule has 16 nitrogen and oxygen atoms in total. The summed E-state index contributed by atoms with van der Waals surface area (Å²) < 4.78 is 15.8. The van der Waals surface area contributed by atoms with Gasteiger partial charge in [-0.1, -0.05) is 108 Å². The summed E-state index contributed by atoms with van der Waals surface area (Å²) in [5, 5.41) is 18.1. The van der Waals surface area contributed by atoms with Crippen LogP contribution in [0.15, 0.2) is 72.8 Å². The van der Waals surface area contributed by atoms with Gasteiger partial charge in [0, 0.05) is 43.6 Å². The Morgan fingerprint density at radius 1 is 0.680 bits per heavy atom.